The van der Waals surface area contributed by atoms with E-state index in [9.17, 15) is 0 Å². The van der Waals surface area contributed by atoms with E-state index in [0.717, 1.165) is 12.5 Å². The van der Waals surface area contributed by atoms with Gasteiger partial charge in [-0.25, -0.2) is 0 Å². The van der Waals surface area contributed by atoms with Gasteiger partial charge in [-0.1, -0.05) is 27.7 Å². The van der Waals surface area contributed by atoms with E-state index in [0.29, 0.717) is 11.5 Å². The topological polar surface area (TPSA) is 29.3 Å². The molecule has 0 radical (unpaired) electrons. The summed E-state index contributed by atoms with van der Waals surface area (Å²) in [5.41, 5.74) is 6.89. The highest BCUT2D eigenvalue weighted by molar-refractivity contribution is 7.98. The van der Waals surface area contributed by atoms with Crippen molar-refractivity contribution in [2.45, 2.75) is 65.0 Å². The molecule has 0 aromatic rings. The Labute approximate surface area is 124 Å². The predicted octanol–water partition coefficient (Wildman–Crippen LogP) is 3.60. The smallest absolute Gasteiger partial charge is 0.0339 e. The molecule has 0 heterocycles. The highest BCUT2D eigenvalue weighted by atomic mass is 32.2. The minimum Gasteiger partial charge on any atom is -0.329 e. The zero-order valence-electron chi connectivity index (χ0n) is 13.8. The lowest BCUT2D eigenvalue weighted by Gasteiger charge is -2.54. The van der Waals surface area contributed by atoms with E-state index in [-0.39, 0.29) is 5.54 Å². The van der Waals surface area contributed by atoms with E-state index in [1.807, 2.05) is 11.8 Å². The van der Waals surface area contributed by atoms with Crippen LogP contribution in [0.5, 0.6) is 0 Å². The molecule has 0 bridgehead atoms. The fourth-order valence-corrected chi connectivity index (χ4v) is 5.19. The first-order chi connectivity index (χ1) is 8.80. The molecule has 2 N–H and O–H groups in total. The molecule has 2 nitrogen and oxygen atoms in total. The molecule has 0 spiro atoms. The van der Waals surface area contributed by atoms with Gasteiger partial charge >= 0.3 is 0 Å². The molecular weight excluding hydrogens is 252 g/mol. The summed E-state index contributed by atoms with van der Waals surface area (Å²) in [5, 5.41) is 0. The molecule has 114 valence electrons. The van der Waals surface area contributed by atoms with Crippen molar-refractivity contribution in [1.82, 2.24) is 4.90 Å². The summed E-state index contributed by atoms with van der Waals surface area (Å²) in [6.07, 6.45) is 7.26. The number of thioether (sulfide) groups is 1. The second kappa shape index (κ2) is 6.82. The number of hydrogen-bond donors (Lipinski definition) is 1. The standard InChI is InChI=1S/C16H34N2S/c1-7-14(10-19-6)18(5)16(12-17)9-13(2)8-15(3,4)11-16/h13-14H,7-12,17H2,1-6H3. The number of nitrogens with zero attached hydrogens (tertiary/aromatic N) is 1. The Balaban J connectivity index is 2.94. The van der Waals surface area contributed by atoms with Crippen LogP contribution in [0.2, 0.25) is 0 Å². The van der Waals surface area contributed by atoms with Gasteiger partial charge in [0.05, 0.1) is 0 Å². The van der Waals surface area contributed by atoms with Crippen LogP contribution in [0.3, 0.4) is 0 Å². The lowest BCUT2D eigenvalue weighted by Crippen LogP contribution is -2.60. The lowest BCUT2D eigenvalue weighted by atomic mass is 9.63. The third-order valence-electron chi connectivity index (χ3n) is 4.94. The highest BCUT2D eigenvalue weighted by Gasteiger charge is 2.45. The molecule has 0 aromatic carbocycles. The van der Waals surface area contributed by atoms with Gasteiger partial charge in [0.25, 0.3) is 0 Å². The van der Waals surface area contributed by atoms with Crippen LogP contribution < -0.4 is 5.73 Å². The second-order valence-electron chi connectivity index (χ2n) is 7.41. The lowest BCUT2D eigenvalue weighted by molar-refractivity contribution is -0.0158. The van der Waals surface area contributed by atoms with Gasteiger partial charge in [0.15, 0.2) is 0 Å². The summed E-state index contributed by atoms with van der Waals surface area (Å²) in [5.74, 6) is 1.99. The molecule has 0 amide bonds. The fourth-order valence-electron chi connectivity index (χ4n) is 4.35. The van der Waals surface area contributed by atoms with Crippen LogP contribution in [-0.2, 0) is 0 Å². The van der Waals surface area contributed by atoms with E-state index in [4.69, 9.17) is 5.73 Å². The van der Waals surface area contributed by atoms with Gasteiger partial charge in [-0.05, 0) is 50.3 Å². The van der Waals surface area contributed by atoms with Crippen LogP contribution in [0.4, 0.5) is 0 Å². The quantitative estimate of drug-likeness (QED) is 0.809. The zero-order valence-corrected chi connectivity index (χ0v) is 14.6. The molecule has 0 aromatic heterocycles. The summed E-state index contributed by atoms with van der Waals surface area (Å²) in [4.78, 5) is 2.63. The van der Waals surface area contributed by atoms with Gasteiger partial charge in [-0.2, -0.15) is 11.8 Å². The first kappa shape index (κ1) is 17.3. The monoisotopic (exact) mass is 286 g/mol. The van der Waals surface area contributed by atoms with Crippen molar-refractivity contribution in [2.24, 2.45) is 17.1 Å². The number of nitrogens with two attached hydrogens (primary N) is 1. The first-order valence-electron chi connectivity index (χ1n) is 7.72. The number of hydrogen-bond acceptors (Lipinski definition) is 3. The summed E-state index contributed by atoms with van der Waals surface area (Å²) in [6.45, 7) is 10.3. The maximum Gasteiger partial charge on any atom is 0.0339 e. The normalized spacial score (nSPS) is 32.5. The predicted molar refractivity (Wildman–Crippen MR) is 88.8 cm³/mol. The molecule has 1 fully saturated rings. The Morgan fingerprint density at radius 3 is 2.42 bits per heavy atom. The summed E-state index contributed by atoms with van der Waals surface area (Å²) < 4.78 is 0. The summed E-state index contributed by atoms with van der Waals surface area (Å²) >= 11 is 1.95. The Morgan fingerprint density at radius 1 is 1.37 bits per heavy atom. The molecule has 3 heteroatoms. The van der Waals surface area contributed by atoms with Gasteiger partial charge < -0.3 is 5.73 Å². The third-order valence-corrected chi connectivity index (χ3v) is 5.66. The number of likely N-dealkylation sites (N-methyl/N-ethyl adjacent to an activating group) is 1. The first-order valence-corrected chi connectivity index (χ1v) is 9.11. The maximum atomic E-state index is 6.26. The van der Waals surface area contributed by atoms with Crippen molar-refractivity contribution in [3.8, 4) is 0 Å². The van der Waals surface area contributed by atoms with E-state index >= 15 is 0 Å². The van der Waals surface area contributed by atoms with Crippen LogP contribution in [0.1, 0.15) is 53.4 Å². The largest absolute Gasteiger partial charge is 0.329 e. The second-order valence-corrected chi connectivity index (χ2v) is 8.32. The zero-order chi connectivity index (χ0) is 14.7. The molecule has 1 rings (SSSR count). The van der Waals surface area contributed by atoms with Gasteiger partial charge in [-0.3, -0.25) is 4.90 Å². The molecule has 3 unspecified atom stereocenters. The molecule has 3 atom stereocenters. The van der Waals surface area contributed by atoms with Gasteiger partial charge in [0.1, 0.15) is 0 Å². The van der Waals surface area contributed by atoms with Crippen molar-refractivity contribution in [1.29, 1.82) is 0 Å². The Kier molecular flexibility index (Phi) is 6.22. The maximum absolute atomic E-state index is 6.26. The van der Waals surface area contributed by atoms with Crippen molar-refractivity contribution in [2.75, 3.05) is 25.6 Å². The molecule has 0 aliphatic heterocycles. The van der Waals surface area contributed by atoms with Crippen molar-refractivity contribution in [3.63, 3.8) is 0 Å². The van der Waals surface area contributed by atoms with E-state index in [1.165, 1.54) is 31.4 Å². The van der Waals surface area contributed by atoms with Crippen LogP contribution in [0.15, 0.2) is 0 Å². The van der Waals surface area contributed by atoms with Crippen LogP contribution >= 0.6 is 11.8 Å². The summed E-state index contributed by atoms with van der Waals surface area (Å²) in [7, 11) is 2.31. The van der Waals surface area contributed by atoms with E-state index < -0.39 is 0 Å². The summed E-state index contributed by atoms with van der Waals surface area (Å²) in [6, 6.07) is 0.652. The number of rotatable bonds is 6. The average molecular weight is 287 g/mol. The molecule has 1 saturated carbocycles. The van der Waals surface area contributed by atoms with Gasteiger partial charge in [0, 0.05) is 23.9 Å². The van der Waals surface area contributed by atoms with E-state index in [1.54, 1.807) is 0 Å². The minimum atomic E-state index is 0.206. The van der Waals surface area contributed by atoms with Crippen LogP contribution in [-0.4, -0.2) is 42.1 Å². The minimum absolute atomic E-state index is 0.206. The van der Waals surface area contributed by atoms with Gasteiger partial charge in [0.2, 0.25) is 0 Å². The third kappa shape index (κ3) is 4.12. The molecule has 1 aliphatic rings. The SMILES string of the molecule is CCC(CSC)N(C)C1(CN)CC(C)CC(C)(C)C1. The van der Waals surface area contributed by atoms with Crippen molar-refractivity contribution in [3.05, 3.63) is 0 Å². The average Bonchev–Trinajstić information content (AvgIpc) is 2.32. The van der Waals surface area contributed by atoms with Gasteiger partial charge in [-0.15, -0.1) is 0 Å². The Bertz CT molecular complexity index is 280. The molecule has 19 heavy (non-hydrogen) atoms. The van der Waals surface area contributed by atoms with Crippen LogP contribution in [0, 0.1) is 11.3 Å². The van der Waals surface area contributed by atoms with Crippen molar-refractivity contribution >= 4 is 11.8 Å². The Morgan fingerprint density at radius 2 is 2.00 bits per heavy atom. The highest BCUT2D eigenvalue weighted by Crippen LogP contribution is 2.46. The van der Waals surface area contributed by atoms with Crippen molar-refractivity contribution < 1.29 is 0 Å². The van der Waals surface area contributed by atoms with Crippen LogP contribution in [0.25, 0.3) is 0 Å². The molecule has 1 aliphatic carbocycles. The Hall–Kier alpha value is 0.270. The van der Waals surface area contributed by atoms with E-state index in [2.05, 4.69) is 45.9 Å². The fraction of sp³-hybridized carbons (Fsp3) is 1.00. The molecular formula is C16H34N2S. The molecule has 0 saturated heterocycles.